The van der Waals surface area contributed by atoms with Crippen molar-refractivity contribution < 1.29 is 45.8 Å². The molecule has 1 aliphatic heterocycles. The lowest BCUT2D eigenvalue weighted by Crippen LogP contribution is -2.42. The Kier molecular flexibility index (Phi) is 9.84. The molecule has 1 aromatic heterocycles. The third kappa shape index (κ3) is 7.44. The fourth-order valence-electron chi connectivity index (χ4n) is 5.50. The first-order valence-corrected chi connectivity index (χ1v) is 19.8. The summed E-state index contributed by atoms with van der Waals surface area (Å²) in [7, 11) is -8.63. The van der Waals surface area contributed by atoms with Gasteiger partial charge in [-0.05, 0) is 66.9 Å². The summed E-state index contributed by atoms with van der Waals surface area (Å²) >= 11 is 8.97. The van der Waals surface area contributed by atoms with E-state index < -0.39 is 50.5 Å². The average Bonchev–Trinajstić information content (AvgIpc) is 3.57. The number of carbonyl (C=O) groups is 2. The number of hydrogen-bond donors (Lipinski definition) is 4. The normalized spacial score (nSPS) is 14.7. The van der Waals surface area contributed by atoms with Crippen LogP contribution in [0.25, 0.3) is 27.1 Å². The van der Waals surface area contributed by atoms with Gasteiger partial charge in [-0.3, -0.25) is 9.35 Å². The first-order chi connectivity index (χ1) is 23.6. The number of anilines is 2. The van der Waals surface area contributed by atoms with Crippen LogP contribution in [0.1, 0.15) is 11.9 Å². The van der Waals surface area contributed by atoms with Crippen molar-refractivity contribution in [1.29, 1.82) is 0 Å². The van der Waals surface area contributed by atoms with Gasteiger partial charge >= 0.3 is 22.1 Å². The van der Waals surface area contributed by atoms with Crippen molar-refractivity contribution in [2.45, 2.75) is 28.6 Å². The maximum absolute atomic E-state index is 13.5. The van der Waals surface area contributed by atoms with Crippen molar-refractivity contribution in [2.24, 2.45) is 0 Å². The number of benzene rings is 4. The number of aromatic nitrogens is 1. The van der Waals surface area contributed by atoms with Crippen molar-refractivity contribution in [3.05, 3.63) is 93.9 Å². The number of sulfonamides is 1. The highest BCUT2D eigenvalue weighted by Gasteiger charge is 2.32. The number of hydrogen-bond acceptors (Lipinski definition) is 10. The van der Waals surface area contributed by atoms with Gasteiger partial charge in [-0.1, -0.05) is 59.0 Å². The number of rotatable bonds is 12. The molecule has 0 saturated heterocycles. The Bertz CT molecular complexity index is 2420. The number of fused-ring (bicyclic) bond motifs is 4. The van der Waals surface area contributed by atoms with Gasteiger partial charge < -0.3 is 20.0 Å². The number of carboxylic acids is 2. The van der Waals surface area contributed by atoms with Crippen LogP contribution >= 0.6 is 34.7 Å². The molecule has 4 N–H and O–H groups in total. The Morgan fingerprint density at radius 3 is 2.42 bits per heavy atom. The molecule has 2 heterocycles. The summed E-state index contributed by atoms with van der Waals surface area (Å²) in [6.45, 7) is 0.456. The quantitative estimate of drug-likeness (QED) is 0.0978. The first-order valence-electron chi connectivity index (χ1n) is 14.7. The molecule has 50 heavy (non-hydrogen) atoms. The Balaban J connectivity index is 1.35. The van der Waals surface area contributed by atoms with E-state index in [0.717, 1.165) is 25.3 Å². The third-order valence-corrected chi connectivity index (χ3v) is 12.3. The topological polar surface area (TPSA) is 185 Å². The highest BCUT2D eigenvalue weighted by molar-refractivity contribution is 8.04. The van der Waals surface area contributed by atoms with Crippen molar-refractivity contribution in [3.8, 4) is 0 Å². The lowest BCUT2D eigenvalue weighted by atomic mass is 10.1. The van der Waals surface area contributed by atoms with Gasteiger partial charge in [-0.15, -0.1) is 0 Å². The van der Waals surface area contributed by atoms with Crippen LogP contribution < -0.4 is 19.1 Å². The van der Waals surface area contributed by atoms with Crippen LogP contribution in [0.15, 0.2) is 93.7 Å². The predicted molar refractivity (Wildman–Crippen MR) is 193 cm³/mol. The molecule has 0 spiro atoms. The van der Waals surface area contributed by atoms with E-state index in [1.54, 1.807) is 29.2 Å². The standard InChI is InChI=1S/C32H27ClN4O9S4/c1-19(32(40)41)35(16-30(38)39)22-8-10-23(11-9-22)50(45,46)34-17-36-25-14-21(33)7-13-26(25)47-28(36)15-29-37(18-49(42,43)44)31-24-5-3-2-4-20(24)6-12-27(31)48-29/h2-15,19,34H,16-18H2,1H3,(H2-,38,39,40,41,42,43,44)/p+1. The van der Waals surface area contributed by atoms with Crippen LogP contribution in [0.5, 0.6) is 0 Å². The van der Waals surface area contributed by atoms with E-state index >= 15 is 0 Å². The number of nitrogens with one attached hydrogen (secondary N) is 1. The van der Waals surface area contributed by atoms with E-state index in [4.69, 9.17) is 11.6 Å². The molecule has 1 atom stereocenters. The minimum absolute atomic E-state index is 0.148. The Morgan fingerprint density at radius 2 is 1.74 bits per heavy atom. The molecule has 0 aliphatic carbocycles. The molecule has 18 heteroatoms. The largest absolute Gasteiger partial charge is 0.480 e. The smallest absolute Gasteiger partial charge is 0.326 e. The molecule has 6 rings (SSSR count). The molecule has 4 aromatic carbocycles. The van der Waals surface area contributed by atoms with Gasteiger partial charge in [0.15, 0.2) is 0 Å². The summed E-state index contributed by atoms with van der Waals surface area (Å²) in [6.07, 6.45) is 1.73. The number of nitrogens with zero attached hydrogens (tertiary/aromatic N) is 3. The van der Waals surface area contributed by atoms with Crippen LogP contribution in [-0.2, 0) is 35.6 Å². The maximum Gasteiger partial charge on any atom is 0.326 e. The predicted octanol–water partition coefficient (Wildman–Crippen LogP) is 5.05. The molecule has 5 aromatic rings. The van der Waals surface area contributed by atoms with Gasteiger partial charge in [0.2, 0.25) is 15.5 Å². The zero-order valence-corrected chi connectivity index (χ0v) is 29.9. The number of carboxylic acid groups (broad SMARTS) is 2. The molecule has 1 aliphatic rings. The third-order valence-electron chi connectivity index (χ3n) is 7.87. The van der Waals surface area contributed by atoms with Crippen LogP contribution in [0.2, 0.25) is 5.02 Å². The summed E-state index contributed by atoms with van der Waals surface area (Å²) in [4.78, 5) is 26.4. The lowest BCUT2D eigenvalue weighted by molar-refractivity contribution is -0.648. The Hall–Kier alpha value is -4.23. The van der Waals surface area contributed by atoms with E-state index in [1.165, 1.54) is 58.9 Å². The van der Waals surface area contributed by atoms with E-state index in [2.05, 4.69) is 4.72 Å². The molecule has 0 bridgehead atoms. The second-order valence-electron chi connectivity index (χ2n) is 11.2. The molecule has 260 valence electrons. The monoisotopic (exact) mass is 775 g/mol. The SMILES string of the molecule is CC(C(=O)O)N(CC(=O)O)c1ccc(S(=O)(=O)NCN2/C(=C/c3sc4ccc5ccccc5c4[n+]3CS(=O)(=O)O)Sc3ccc(Cl)cc32)cc1. The van der Waals surface area contributed by atoms with E-state index in [0.29, 0.717) is 26.3 Å². The van der Waals surface area contributed by atoms with Gasteiger partial charge in [0, 0.05) is 15.6 Å². The first kappa shape index (κ1) is 35.6. The van der Waals surface area contributed by atoms with Gasteiger partial charge in [0.1, 0.15) is 17.3 Å². The second kappa shape index (κ2) is 13.8. The van der Waals surface area contributed by atoms with Crippen LogP contribution in [-0.4, -0.2) is 62.8 Å². The molecular formula is C32H28ClN4O9S4+. The molecule has 1 unspecified atom stereocenters. The van der Waals surface area contributed by atoms with Crippen molar-refractivity contribution in [3.63, 3.8) is 0 Å². The lowest BCUT2D eigenvalue weighted by Gasteiger charge is -2.27. The fourth-order valence-corrected chi connectivity index (χ4v) is 9.57. The second-order valence-corrected chi connectivity index (χ2v) is 16.9. The van der Waals surface area contributed by atoms with Crippen LogP contribution in [0.4, 0.5) is 11.4 Å². The van der Waals surface area contributed by atoms with E-state index in [-0.39, 0.29) is 17.3 Å². The maximum atomic E-state index is 13.5. The van der Waals surface area contributed by atoms with E-state index in [9.17, 15) is 41.2 Å². The molecule has 13 nitrogen and oxygen atoms in total. The van der Waals surface area contributed by atoms with Gasteiger partial charge in [0.25, 0.3) is 10.9 Å². The molecule has 0 saturated carbocycles. The molecular weight excluding hydrogens is 748 g/mol. The highest BCUT2D eigenvalue weighted by Crippen LogP contribution is 2.47. The minimum atomic E-state index is -4.47. The van der Waals surface area contributed by atoms with Crippen molar-refractivity contribution in [2.75, 3.05) is 23.0 Å². The van der Waals surface area contributed by atoms with Crippen molar-refractivity contribution in [1.82, 2.24) is 4.72 Å². The average molecular weight is 776 g/mol. The van der Waals surface area contributed by atoms with Gasteiger partial charge in [-0.2, -0.15) is 17.7 Å². The Labute approximate surface area is 299 Å². The summed E-state index contributed by atoms with van der Waals surface area (Å²) < 4.78 is 66.2. The number of aliphatic carboxylic acids is 2. The Morgan fingerprint density at radius 1 is 1.02 bits per heavy atom. The molecule has 0 amide bonds. The summed E-state index contributed by atoms with van der Waals surface area (Å²) in [6, 6.07) is 20.4. The number of thiazole rings is 1. The van der Waals surface area contributed by atoms with E-state index in [1.807, 2.05) is 36.4 Å². The summed E-state index contributed by atoms with van der Waals surface area (Å²) in [5, 5.41) is 21.8. The number of thioether (sulfide) groups is 1. The van der Waals surface area contributed by atoms with Crippen molar-refractivity contribution >= 4 is 105 Å². The van der Waals surface area contributed by atoms with Crippen LogP contribution in [0, 0.1) is 0 Å². The number of halogens is 1. The minimum Gasteiger partial charge on any atom is -0.480 e. The van der Waals surface area contributed by atoms with Gasteiger partial charge in [0.05, 0.1) is 33.7 Å². The summed E-state index contributed by atoms with van der Waals surface area (Å²) in [5.41, 5.74) is 1.43. The van der Waals surface area contributed by atoms with Gasteiger partial charge in [-0.25, -0.2) is 13.2 Å². The molecule has 0 fully saturated rings. The summed E-state index contributed by atoms with van der Waals surface area (Å²) in [5.74, 6) is -3.21. The highest BCUT2D eigenvalue weighted by atomic mass is 35.5. The zero-order chi connectivity index (χ0) is 36.0. The molecule has 0 radical (unpaired) electrons. The zero-order valence-electron chi connectivity index (χ0n) is 25.9. The van der Waals surface area contributed by atoms with Crippen LogP contribution in [0.3, 0.4) is 0 Å². The fraction of sp³-hybridized carbons (Fsp3) is 0.156.